The first-order valence-corrected chi connectivity index (χ1v) is 13.6. The van der Waals surface area contributed by atoms with Gasteiger partial charge in [0, 0.05) is 31.3 Å². The van der Waals surface area contributed by atoms with Crippen LogP contribution < -0.4 is 4.90 Å². The van der Waals surface area contributed by atoms with Gasteiger partial charge in [-0.05, 0) is 56.5 Å². The van der Waals surface area contributed by atoms with Gasteiger partial charge in [-0.25, -0.2) is 9.50 Å². The molecule has 3 aromatic rings. The van der Waals surface area contributed by atoms with Crippen LogP contribution in [0.1, 0.15) is 56.0 Å². The summed E-state index contributed by atoms with van der Waals surface area (Å²) in [5.41, 5.74) is 4.35. The second-order valence-corrected chi connectivity index (χ2v) is 12.1. The smallest absolute Gasteiger partial charge is 0.306 e. The van der Waals surface area contributed by atoms with E-state index in [9.17, 15) is 9.90 Å². The van der Waals surface area contributed by atoms with Crippen molar-refractivity contribution in [3.63, 3.8) is 0 Å². The van der Waals surface area contributed by atoms with Crippen molar-refractivity contribution in [2.75, 3.05) is 37.7 Å². The zero-order chi connectivity index (χ0) is 25.4. The van der Waals surface area contributed by atoms with E-state index in [4.69, 9.17) is 14.8 Å². The molecule has 194 valence electrons. The summed E-state index contributed by atoms with van der Waals surface area (Å²) in [6.07, 6.45) is 6.48. The summed E-state index contributed by atoms with van der Waals surface area (Å²) in [6, 6.07) is 13.1. The molecule has 2 aromatic heterocycles. The number of nitrogens with zero attached hydrogens (tertiary/aromatic N) is 5. The Bertz CT molecular complexity index is 1360. The Hall–Kier alpha value is -2.97. The standard InChI is InChI=1S/C29H35N5O3/c1-20-14-23(32-13-10-27(2,18-32)22-6-4-3-5-7-22)15-34-24(20)30-26(31-34)29-16-28(17-29,19-37-29)33-11-8-21(9-12-33)25(35)36/h3-7,14-15,21H,8-13,16-19H2,1-2H3,(H,35,36)/t27-,28?,29?/m0/s1. The van der Waals surface area contributed by atoms with Crippen molar-refractivity contribution in [1.82, 2.24) is 19.5 Å². The van der Waals surface area contributed by atoms with E-state index in [1.54, 1.807) is 0 Å². The molecule has 1 saturated carbocycles. The minimum atomic E-state index is -0.662. The summed E-state index contributed by atoms with van der Waals surface area (Å²) in [5.74, 6) is -0.0832. The Morgan fingerprint density at radius 2 is 1.89 bits per heavy atom. The van der Waals surface area contributed by atoms with Crippen molar-refractivity contribution in [2.24, 2.45) is 5.92 Å². The number of anilines is 1. The molecule has 6 heterocycles. The average Bonchev–Trinajstić information content (AvgIpc) is 3.66. The zero-order valence-electron chi connectivity index (χ0n) is 21.7. The second-order valence-electron chi connectivity index (χ2n) is 12.1. The molecule has 8 heteroatoms. The first-order valence-electron chi connectivity index (χ1n) is 13.6. The van der Waals surface area contributed by atoms with Gasteiger partial charge in [0.1, 0.15) is 5.60 Å². The van der Waals surface area contributed by atoms with E-state index >= 15 is 0 Å². The number of carboxylic acids is 1. The molecule has 0 radical (unpaired) electrons. The number of hydrogen-bond donors (Lipinski definition) is 1. The number of rotatable bonds is 5. The van der Waals surface area contributed by atoms with Crippen LogP contribution in [-0.2, 0) is 20.5 Å². The summed E-state index contributed by atoms with van der Waals surface area (Å²) >= 11 is 0. The number of carboxylic acid groups (broad SMARTS) is 1. The molecule has 0 spiro atoms. The molecule has 1 atom stereocenters. The maximum absolute atomic E-state index is 11.4. The normalized spacial score (nSPS) is 32.2. The lowest BCUT2D eigenvalue weighted by atomic mass is 9.66. The first kappa shape index (κ1) is 23.2. The molecular formula is C29H35N5O3. The van der Waals surface area contributed by atoms with Crippen molar-refractivity contribution in [1.29, 1.82) is 0 Å². The predicted octanol–water partition coefficient (Wildman–Crippen LogP) is 3.76. The van der Waals surface area contributed by atoms with E-state index in [0.29, 0.717) is 6.61 Å². The highest BCUT2D eigenvalue weighted by molar-refractivity contribution is 5.70. The fourth-order valence-corrected chi connectivity index (χ4v) is 7.38. The highest BCUT2D eigenvalue weighted by Gasteiger charge is 2.67. The molecule has 1 aromatic carbocycles. The summed E-state index contributed by atoms with van der Waals surface area (Å²) in [5, 5.41) is 14.3. The number of hydrogen-bond acceptors (Lipinski definition) is 6. The Morgan fingerprint density at radius 3 is 2.62 bits per heavy atom. The third-order valence-electron chi connectivity index (χ3n) is 9.68. The summed E-state index contributed by atoms with van der Waals surface area (Å²) < 4.78 is 8.35. The minimum Gasteiger partial charge on any atom is -0.481 e. The molecule has 0 unspecified atom stereocenters. The molecule has 37 heavy (non-hydrogen) atoms. The lowest BCUT2D eigenvalue weighted by Gasteiger charge is -2.51. The highest BCUT2D eigenvalue weighted by atomic mass is 16.5. The van der Waals surface area contributed by atoms with Gasteiger partial charge in [-0.15, -0.1) is 5.10 Å². The van der Waals surface area contributed by atoms with Crippen molar-refractivity contribution >= 4 is 17.3 Å². The van der Waals surface area contributed by atoms with E-state index in [2.05, 4.69) is 66.2 Å². The maximum Gasteiger partial charge on any atom is 0.306 e. The van der Waals surface area contributed by atoms with E-state index in [-0.39, 0.29) is 16.9 Å². The van der Waals surface area contributed by atoms with Crippen molar-refractivity contribution in [3.8, 4) is 0 Å². The van der Waals surface area contributed by atoms with Crippen LogP contribution in [0.3, 0.4) is 0 Å². The van der Waals surface area contributed by atoms with E-state index in [1.165, 1.54) is 11.3 Å². The summed E-state index contributed by atoms with van der Waals surface area (Å²) in [7, 11) is 0. The number of likely N-dealkylation sites (tertiary alicyclic amines) is 1. The maximum atomic E-state index is 11.4. The number of aromatic nitrogens is 3. The molecule has 8 nitrogen and oxygen atoms in total. The van der Waals surface area contributed by atoms with Gasteiger partial charge in [0.05, 0.1) is 29.9 Å². The zero-order valence-corrected chi connectivity index (χ0v) is 21.7. The Kier molecular flexibility index (Phi) is 5.02. The van der Waals surface area contributed by atoms with Gasteiger partial charge in [0.2, 0.25) is 0 Å². The molecule has 2 bridgehead atoms. The van der Waals surface area contributed by atoms with Crippen LogP contribution in [0.15, 0.2) is 42.6 Å². The second kappa shape index (κ2) is 8.01. The molecule has 0 amide bonds. The van der Waals surface area contributed by atoms with Gasteiger partial charge in [0.15, 0.2) is 11.5 Å². The van der Waals surface area contributed by atoms with Crippen LogP contribution in [-0.4, -0.2) is 68.9 Å². The van der Waals surface area contributed by atoms with Crippen LogP contribution in [0, 0.1) is 12.8 Å². The van der Waals surface area contributed by atoms with Gasteiger partial charge in [-0.2, -0.15) is 0 Å². The average molecular weight is 502 g/mol. The molecule has 4 saturated heterocycles. The molecule has 8 rings (SSSR count). The van der Waals surface area contributed by atoms with Crippen LogP contribution >= 0.6 is 0 Å². The summed E-state index contributed by atoms with van der Waals surface area (Å²) in [6.45, 7) is 8.82. The third-order valence-corrected chi connectivity index (χ3v) is 9.68. The third kappa shape index (κ3) is 3.52. The molecular weight excluding hydrogens is 466 g/mol. The fraction of sp³-hybridized carbons (Fsp3) is 0.552. The lowest BCUT2D eigenvalue weighted by molar-refractivity contribution is -0.144. The Labute approximate surface area is 217 Å². The number of aliphatic carboxylic acids is 1. The molecule has 1 N–H and O–H groups in total. The predicted molar refractivity (Wildman–Crippen MR) is 140 cm³/mol. The van der Waals surface area contributed by atoms with Gasteiger partial charge >= 0.3 is 5.97 Å². The number of ether oxygens (including phenoxy) is 1. The SMILES string of the molecule is Cc1cc(N2CC[C@](C)(c3ccccc3)C2)cn2nc(C34CC(N5CCC(C(=O)O)CC5)(CO3)C4)nc12. The molecule has 5 aliphatic rings. The number of aryl methyl sites for hydroxylation is 1. The van der Waals surface area contributed by atoms with Crippen LogP contribution in [0.4, 0.5) is 5.69 Å². The van der Waals surface area contributed by atoms with Crippen molar-refractivity contribution in [2.45, 2.75) is 62.5 Å². The van der Waals surface area contributed by atoms with Crippen LogP contribution in [0.2, 0.25) is 0 Å². The van der Waals surface area contributed by atoms with E-state index in [1.807, 2.05) is 4.52 Å². The van der Waals surface area contributed by atoms with Gasteiger partial charge in [-0.3, -0.25) is 9.69 Å². The van der Waals surface area contributed by atoms with Gasteiger partial charge in [0.25, 0.3) is 0 Å². The number of pyridine rings is 1. The molecule has 4 aliphatic heterocycles. The van der Waals surface area contributed by atoms with Crippen LogP contribution in [0.25, 0.3) is 5.65 Å². The summed E-state index contributed by atoms with van der Waals surface area (Å²) in [4.78, 5) is 21.3. The minimum absolute atomic E-state index is 0.0125. The number of piperidine rings is 1. The van der Waals surface area contributed by atoms with Crippen LogP contribution in [0.5, 0.6) is 0 Å². The monoisotopic (exact) mass is 501 g/mol. The molecule has 5 fully saturated rings. The topological polar surface area (TPSA) is 83.2 Å². The highest BCUT2D eigenvalue weighted by Crippen LogP contribution is 2.60. The number of benzene rings is 1. The fourth-order valence-electron chi connectivity index (χ4n) is 7.38. The Morgan fingerprint density at radius 1 is 1.14 bits per heavy atom. The lowest BCUT2D eigenvalue weighted by Crippen LogP contribution is -2.60. The quantitative estimate of drug-likeness (QED) is 0.570. The Balaban J connectivity index is 1.10. The largest absolute Gasteiger partial charge is 0.481 e. The van der Waals surface area contributed by atoms with Gasteiger partial charge < -0.3 is 14.7 Å². The number of carbonyl (C=O) groups is 1. The van der Waals surface area contributed by atoms with E-state index in [0.717, 1.165) is 75.3 Å². The van der Waals surface area contributed by atoms with Crippen molar-refractivity contribution in [3.05, 3.63) is 59.5 Å². The molecule has 1 aliphatic carbocycles. The number of fused-ring (bicyclic) bond motifs is 2. The van der Waals surface area contributed by atoms with Crippen molar-refractivity contribution < 1.29 is 14.6 Å². The van der Waals surface area contributed by atoms with Gasteiger partial charge in [-0.1, -0.05) is 37.3 Å². The first-order chi connectivity index (χ1) is 17.8. The van der Waals surface area contributed by atoms with E-state index < -0.39 is 11.6 Å².